The molecule has 1 aromatic heterocycles. The van der Waals surface area contributed by atoms with E-state index in [9.17, 15) is 13.2 Å². The van der Waals surface area contributed by atoms with E-state index in [1.807, 2.05) is 24.3 Å². The van der Waals surface area contributed by atoms with Crippen molar-refractivity contribution in [2.45, 2.75) is 51.3 Å². The molecule has 0 aliphatic carbocycles. The minimum Gasteiger partial charge on any atom is -0.497 e. The third-order valence-corrected chi connectivity index (χ3v) is 8.17. The van der Waals surface area contributed by atoms with Crippen LogP contribution >= 0.6 is 0 Å². The average molecular weight is 578 g/mol. The van der Waals surface area contributed by atoms with Crippen LogP contribution in [0, 0.1) is 6.92 Å². The highest BCUT2D eigenvalue weighted by atomic mass is 32.2. The van der Waals surface area contributed by atoms with Gasteiger partial charge in [0.05, 0.1) is 19.1 Å². The number of sulfonamides is 1. The lowest BCUT2D eigenvalue weighted by atomic mass is 10.1. The van der Waals surface area contributed by atoms with E-state index < -0.39 is 21.7 Å². The van der Waals surface area contributed by atoms with Gasteiger partial charge in [-0.3, -0.25) is 10.3 Å². The third-order valence-electron chi connectivity index (χ3n) is 6.34. The van der Waals surface area contributed by atoms with Gasteiger partial charge < -0.3 is 14.2 Å². The molecule has 0 spiro atoms. The van der Waals surface area contributed by atoms with Crippen LogP contribution in [0.25, 0.3) is 10.8 Å². The van der Waals surface area contributed by atoms with E-state index in [-0.39, 0.29) is 23.7 Å². The lowest BCUT2D eigenvalue weighted by molar-refractivity contribution is 0.0636. The standard InChI is InChI=1S/C31H35N3O6S/c1-21-28-17-24(33-30(35)40-31(2,3)4)18-29(27(28)15-16-32-21)41(36,37)34(19-22-7-11-25(38-5)12-8-22)20-23-9-13-26(39-6)14-10-23/h7-18H,19-20H2,1-6H3,(H,33,35). The van der Waals surface area contributed by atoms with Crippen molar-refractivity contribution in [1.82, 2.24) is 9.29 Å². The topological polar surface area (TPSA) is 107 Å². The van der Waals surface area contributed by atoms with Gasteiger partial charge in [-0.2, -0.15) is 4.31 Å². The summed E-state index contributed by atoms with van der Waals surface area (Å²) in [6.45, 7) is 7.27. The van der Waals surface area contributed by atoms with Crippen LogP contribution in [-0.2, 0) is 27.8 Å². The van der Waals surface area contributed by atoms with Crippen LogP contribution in [0.4, 0.5) is 10.5 Å². The van der Waals surface area contributed by atoms with Gasteiger partial charge in [0.2, 0.25) is 10.0 Å². The predicted octanol–water partition coefficient (Wildman–Crippen LogP) is 6.30. The van der Waals surface area contributed by atoms with E-state index in [1.165, 1.54) is 10.4 Å². The van der Waals surface area contributed by atoms with Gasteiger partial charge in [0.1, 0.15) is 17.1 Å². The number of nitrogens with zero attached hydrogens (tertiary/aromatic N) is 2. The fraction of sp³-hybridized carbons (Fsp3) is 0.290. The molecule has 0 unspecified atom stereocenters. The number of hydrogen-bond donors (Lipinski definition) is 1. The minimum absolute atomic E-state index is 0.0496. The van der Waals surface area contributed by atoms with Crippen molar-refractivity contribution in [2.75, 3.05) is 19.5 Å². The van der Waals surface area contributed by atoms with Gasteiger partial charge >= 0.3 is 6.09 Å². The van der Waals surface area contributed by atoms with E-state index in [1.54, 1.807) is 84.5 Å². The maximum Gasteiger partial charge on any atom is 0.412 e. The Morgan fingerprint density at radius 2 is 1.39 bits per heavy atom. The van der Waals surface area contributed by atoms with Crippen molar-refractivity contribution in [1.29, 1.82) is 0 Å². The Hall–Kier alpha value is -4.15. The van der Waals surface area contributed by atoms with Crippen molar-refractivity contribution in [2.24, 2.45) is 0 Å². The first-order chi connectivity index (χ1) is 19.4. The zero-order valence-electron chi connectivity index (χ0n) is 24.1. The molecule has 10 heteroatoms. The van der Waals surface area contributed by atoms with Crippen molar-refractivity contribution in [3.8, 4) is 11.5 Å². The molecule has 0 saturated carbocycles. The monoisotopic (exact) mass is 577 g/mol. The van der Waals surface area contributed by atoms with Crippen LogP contribution in [-0.4, -0.2) is 43.6 Å². The normalized spacial score (nSPS) is 11.9. The summed E-state index contributed by atoms with van der Waals surface area (Å²) in [4.78, 5) is 17.0. The smallest absolute Gasteiger partial charge is 0.412 e. The van der Waals surface area contributed by atoms with Gasteiger partial charge in [-0.25, -0.2) is 13.2 Å². The number of fused-ring (bicyclic) bond motifs is 1. The van der Waals surface area contributed by atoms with Crippen molar-refractivity contribution in [3.63, 3.8) is 0 Å². The highest BCUT2D eigenvalue weighted by Gasteiger charge is 2.29. The highest BCUT2D eigenvalue weighted by Crippen LogP contribution is 2.33. The van der Waals surface area contributed by atoms with Crippen LogP contribution in [0.15, 0.2) is 77.8 Å². The number of aromatic nitrogens is 1. The second-order valence-electron chi connectivity index (χ2n) is 10.6. The highest BCUT2D eigenvalue weighted by molar-refractivity contribution is 7.89. The van der Waals surface area contributed by atoms with E-state index in [4.69, 9.17) is 14.2 Å². The molecule has 0 aliphatic rings. The molecule has 0 fully saturated rings. The molecule has 0 saturated heterocycles. The molecule has 0 bridgehead atoms. The number of carbonyl (C=O) groups is 1. The predicted molar refractivity (Wildman–Crippen MR) is 159 cm³/mol. The number of anilines is 1. The maximum absolute atomic E-state index is 14.5. The summed E-state index contributed by atoms with van der Waals surface area (Å²) in [5, 5.41) is 3.80. The number of rotatable bonds is 9. The Morgan fingerprint density at radius 3 is 1.88 bits per heavy atom. The molecule has 41 heavy (non-hydrogen) atoms. The molecular formula is C31H35N3O6S. The molecule has 1 amide bonds. The molecule has 0 radical (unpaired) electrons. The Morgan fingerprint density at radius 1 is 0.854 bits per heavy atom. The largest absolute Gasteiger partial charge is 0.497 e. The first kappa shape index (κ1) is 29.8. The number of benzene rings is 3. The molecule has 1 heterocycles. The Balaban J connectivity index is 1.81. The number of nitrogens with one attached hydrogen (secondary N) is 1. The number of carbonyl (C=O) groups excluding carboxylic acids is 1. The summed E-state index contributed by atoms with van der Waals surface area (Å²) in [6, 6.07) is 19.4. The fourth-order valence-corrected chi connectivity index (χ4v) is 5.98. The van der Waals surface area contributed by atoms with Gasteiger partial charge in [0, 0.05) is 41.4 Å². The zero-order chi connectivity index (χ0) is 29.8. The summed E-state index contributed by atoms with van der Waals surface area (Å²) >= 11 is 0. The zero-order valence-corrected chi connectivity index (χ0v) is 24.9. The van der Waals surface area contributed by atoms with Crippen LogP contribution in [0.3, 0.4) is 0 Å². The van der Waals surface area contributed by atoms with Gasteiger partial charge in [-0.05, 0) is 81.3 Å². The van der Waals surface area contributed by atoms with E-state index in [0.29, 0.717) is 28.0 Å². The minimum atomic E-state index is -4.11. The van der Waals surface area contributed by atoms with Gasteiger partial charge in [-0.15, -0.1) is 0 Å². The summed E-state index contributed by atoms with van der Waals surface area (Å²) in [5.74, 6) is 1.35. The Kier molecular flexibility index (Phi) is 8.84. The molecule has 0 aliphatic heterocycles. The maximum atomic E-state index is 14.5. The molecule has 4 rings (SSSR count). The first-order valence-corrected chi connectivity index (χ1v) is 14.5. The molecule has 216 valence electrons. The number of ether oxygens (including phenoxy) is 3. The quantitative estimate of drug-likeness (QED) is 0.249. The van der Waals surface area contributed by atoms with Crippen molar-refractivity contribution in [3.05, 3.63) is 89.7 Å². The van der Waals surface area contributed by atoms with Gasteiger partial charge in [0.15, 0.2) is 0 Å². The van der Waals surface area contributed by atoms with Gasteiger partial charge in [0.25, 0.3) is 0 Å². The number of amides is 1. The molecule has 3 aromatic carbocycles. The molecule has 9 nitrogen and oxygen atoms in total. The fourth-order valence-electron chi connectivity index (χ4n) is 4.33. The molecule has 4 aromatic rings. The SMILES string of the molecule is COc1ccc(CN(Cc2ccc(OC)cc2)S(=O)(=O)c2cc(NC(=O)OC(C)(C)C)cc3c(C)nccc23)cc1. The molecule has 0 atom stereocenters. The summed E-state index contributed by atoms with van der Waals surface area (Å²) < 4.78 is 46.3. The third kappa shape index (κ3) is 7.33. The molecular weight excluding hydrogens is 542 g/mol. The number of hydrogen-bond acceptors (Lipinski definition) is 7. The second kappa shape index (κ2) is 12.2. The first-order valence-electron chi connectivity index (χ1n) is 13.0. The average Bonchev–Trinajstić information content (AvgIpc) is 2.92. The second-order valence-corrected chi connectivity index (χ2v) is 12.5. The van der Waals surface area contributed by atoms with Crippen LogP contribution in [0.5, 0.6) is 11.5 Å². The summed E-state index contributed by atoms with van der Waals surface area (Å²) in [7, 11) is -0.957. The van der Waals surface area contributed by atoms with E-state index in [0.717, 1.165) is 11.1 Å². The van der Waals surface area contributed by atoms with Crippen molar-refractivity contribution < 1.29 is 27.4 Å². The van der Waals surface area contributed by atoms with Crippen LogP contribution < -0.4 is 14.8 Å². The Bertz CT molecular complexity index is 1580. The lowest BCUT2D eigenvalue weighted by Crippen LogP contribution is -2.31. The number of aryl methyl sites for hydroxylation is 1. The van der Waals surface area contributed by atoms with E-state index >= 15 is 0 Å². The number of methoxy groups -OCH3 is 2. The molecule has 1 N–H and O–H groups in total. The summed E-state index contributed by atoms with van der Waals surface area (Å²) in [5.41, 5.74) is 1.76. The van der Waals surface area contributed by atoms with E-state index in [2.05, 4.69) is 10.3 Å². The van der Waals surface area contributed by atoms with Crippen LogP contribution in [0.2, 0.25) is 0 Å². The number of pyridine rings is 1. The lowest BCUT2D eigenvalue weighted by Gasteiger charge is -2.24. The Labute approximate surface area is 241 Å². The van der Waals surface area contributed by atoms with Gasteiger partial charge in [-0.1, -0.05) is 24.3 Å². The van der Waals surface area contributed by atoms with Crippen molar-refractivity contribution >= 4 is 32.6 Å². The summed E-state index contributed by atoms with van der Waals surface area (Å²) in [6.07, 6.45) is 0.893. The van der Waals surface area contributed by atoms with Crippen LogP contribution in [0.1, 0.15) is 37.6 Å².